The van der Waals surface area contributed by atoms with E-state index in [1.807, 2.05) is 13.8 Å². The first-order chi connectivity index (χ1) is 7.66. The maximum absolute atomic E-state index is 11.9. The lowest BCUT2D eigenvalue weighted by Crippen LogP contribution is -2.23. The third-order valence-corrected chi connectivity index (χ3v) is 3.89. The van der Waals surface area contributed by atoms with E-state index in [0.717, 1.165) is 30.1 Å². The van der Waals surface area contributed by atoms with E-state index in [0.29, 0.717) is 0 Å². The molecule has 4 heteroatoms. The predicted molar refractivity (Wildman–Crippen MR) is 66.7 cm³/mol. The Morgan fingerprint density at radius 2 is 2.31 bits per heavy atom. The number of hydrogen-bond donors (Lipinski definition) is 1. The van der Waals surface area contributed by atoms with E-state index in [4.69, 9.17) is 0 Å². The van der Waals surface area contributed by atoms with Crippen molar-refractivity contribution in [1.82, 2.24) is 4.98 Å². The average molecular weight is 236 g/mol. The molecule has 0 radical (unpaired) electrons. The van der Waals surface area contributed by atoms with Gasteiger partial charge in [-0.2, -0.15) is 0 Å². The van der Waals surface area contributed by atoms with Gasteiger partial charge in [-0.25, -0.2) is 4.98 Å². The number of carbonyl (C=O) groups is 1. The maximum Gasteiger partial charge on any atom is 0.229 e. The van der Waals surface area contributed by atoms with E-state index in [-0.39, 0.29) is 11.8 Å². The highest BCUT2D eigenvalue weighted by Gasteiger charge is 2.19. The first kappa shape index (κ1) is 11.3. The van der Waals surface area contributed by atoms with Crippen molar-refractivity contribution in [3.05, 3.63) is 22.7 Å². The van der Waals surface area contributed by atoms with Gasteiger partial charge in [0.1, 0.15) is 0 Å². The van der Waals surface area contributed by atoms with Gasteiger partial charge in [0, 0.05) is 10.8 Å². The monoisotopic (exact) mass is 236 g/mol. The molecular formula is C12H16N2OS. The zero-order valence-electron chi connectivity index (χ0n) is 9.62. The third kappa shape index (κ3) is 2.50. The van der Waals surface area contributed by atoms with Crippen molar-refractivity contribution in [3.63, 3.8) is 0 Å². The fourth-order valence-electron chi connectivity index (χ4n) is 1.77. The summed E-state index contributed by atoms with van der Waals surface area (Å²) in [6.07, 6.45) is 7.04. The minimum Gasteiger partial charge on any atom is -0.302 e. The second-order valence-electron chi connectivity index (χ2n) is 4.13. The van der Waals surface area contributed by atoms with Gasteiger partial charge < -0.3 is 5.32 Å². The summed E-state index contributed by atoms with van der Waals surface area (Å²) >= 11 is 1.55. The largest absolute Gasteiger partial charge is 0.302 e. The van der Waals surface area contributed by atoms with Gasteiger partial charge in [-0.05, 0) is 33.1 Å². The van der Waals surface area contributed by atoms with Crippen LogP contribution >= 0.6 is 11.3 Å². The molecule has 0 saturated heterocycles. The molecule has 0 fully saturated rings. The summed E-state index contributed by atoms with van der Waals surface area (Å²) in [4.78, 5) is 17.4. The molecule has 0 spiro atoms. The number of nitrogens with one attached hydrogen (secondary N) is 1. The summed E-state index contributed by atoms with van der Waals surface area (Å²) in [6.45, 7) is 3.98. The Hall–Kier alpha value is -1.16. The van der Waals surface area contributed by atoms with Crippen LogP contribution in [0.1, 0.15) is 29.8 Å². The second-order valence-corrected chi connectivity index (χ2v) is 5.33. The van der Waals surface area contributed by atoms with Crippen molar-refractivity contribution in [1.29, 1.82) is 0 Å². The van der Waals surface area contributed by atoms with Crippen molar-refractivity contribution in [2.45, 2.75) is 33.1 Å². The predicted octanol–water partition coefficient (Wildman–Crippen LogP) is 3.05. The maximum atomic E-state index is 11.9. The van der Waals surface area contributed by atoms with Crippen LogP contribution in [0, 0.1) is 19.8 Å². The lowest BCUT2D eigenvalue weighted by molar-refractivity contribution is -0.120. The molecule has 1 heterocycles. The zero-order chi connectivity index (χ0) is 11.5. The van der Waals surface area contributed by atoms with Crippen LogP contribution < -0.4 is 5.32 Å². The Labute approximate surface area is 99.6 Å². The number of carbonyl (C=O) groups excluding carboxylic acids is 1. The van der Waals surface area contributed by atoms with Crippen LogP contribution in [0.5, 0.6) is 0 Å². The van der Waals surface area contributed by atoms with Gasteiger partial charge in [0.25, 0.3) is 0 Å². The van der Waals surface area contributed by atoms with Gasteiger partial charge in [-0.3, -0.25) is 4.79 Å². The summed E-state index contributed by atoms with van der Waals surface area (Å²) in [5.74, 6) is 0.229. The van der Waals surface area contributed by atoms with Crippen molar-refractivity contribution < 1.29 is 4.79 Å². The number of amides is 1. The number of rotatable bonds is 2. The van der Waals surface area contributed by atoms with Gasteiger partial charge in [-0.15, -0.1) is 11.3 Å². The molecule has 1 aromatic heterocycles. The Bertz CT molecular complexity index is 403. The van der Waals surface area contributed by atoms with Crippen LogP contribution in [0.2, 0.25) is 0 Å². The Morgan fingerprint density at radius 3 is 2.88 bits per heavy atom. The summed E-state index contributed by atoms with van der Waals surface area (Å²) < 4.78 is 0. The highest BCUT2D eigenvalue weighted by Crippen LogP contribution is 2.24. The van der Waals surface area contributed by atoms with E-state index in [9.17, 15) is 4.79 Å². The summed E-state index contributed by atoms with van der Waals surface area (Å²) in [5, 5.41) is 3.64. The van der Waals surface area contributed by atoms with Crippen molar-refractivity contribution in [2.75, 3.05) is 5.32 Å². The van der Waals surface area contributed by atoms with Crippen LogP contribution in [0.25, 0.3) is 0 Å². The summed E-state index contributed by atoms with van der Waals surface area (Å²) in [6, 6.07) is 0. The number of nitrogens with zero attached hydrogens (tertiary/aromatic N) is 1. The fourth-order valence-corrected chi connectivity index (χ4v) is 2.58. The van der Waals surface area contributed by atoms with Gasteiger partial charge >= 0.3 is 0 Å². The number of aryl methyl sites for hydroxylation is 2. The fraction of sp³-hybridized carbons (Fsp3) is 0.500. The van der Waals surface area contributed by atoms with Gasteiger partial charge in [0.15, 0.2) is 5.13 Å². The third-order valence-electron chi connectivity index (χ3n) is 2.90. The van der Waals surface area contributed by atoms with Gasteiger partial charge in [-0.1, -0.05) is 12.2 Å². The summed E-state index contributed by atoms with van der Waals surface area (Å²) in [7, 11) is 0. The molecule has 0 bridgehead atoms. The van der Waals surface area contributed by atoms with Crippen LogP contribution in [0.3, 0.4) is 0 Å². The highest BCUT2D eigenvalue weighted by atomic mass is 32.1. The first-order valence-corrected chi connectivity index (χ1v) is 6.38. The smallest absolute Gasteiger partial charge is 0.229 e. The minimum atomic E-state index is 0.109. The Morgan fingerprint density at radius 1 is 1.50 bits per heavy atom. The molecular weight excluding hydrogens is 220 g/mol. The molecule has 16 heavy (non-hydrogen) atoms. The Balaban J connectivity index is 1.99. The van der Waals surface area contributed by atoms with Crippen molar-refractivity contribution in [3.8, 4) is 0 Å². The molecule has 86 valence electrons. The van der Waals surface area contributed by atoms with E-state index in [1.165, 1.54) is 4.88 Å². The van der Waals surface area contributed by atoms with Crippen molar-refractivity contribution in [2.24, 2.45) is 5.92 Å². The van der Waals surface area contributed by atoms with Crippen molar-refractivity contribution >= 4 is 22.4 Å². The second kappa shape index (κ2) is 4.78. The molecule has 1 N–H and O–H groups in total. The quantitative estimate of drug-likeness (QED) is 0.802. The minimum absolute atomic E-state index is 0.109. The molecule has 1 amide bonds. The number of anilines is 1. The molecule has 1 aromatic rings. The number of thiazole rings is 1. The van der Waals surface area contributed by atoms with E-state index >= 15 is 0 Å². The molecule has 0 aliphatic heterocycles. The molecule has 3 nitrogen and oxygen atoms in total. The zero-order valence-corrected chi connectivity index (χ0v) is 10.4. The lowest BCUT2D eigenvalue weighted by atomic mass is 9.94. The number of aromatic nitrogens is 1. The van der Waals surface area contributed by atoms with Gasteiger partial charge in [0.2, 0.25) is 5.91 Å². The normalized spacial score (nSPS) is 19.8. The van der Waals surface area contributed by atoms with E-state index in [2.05, 4.69) is 22.5 Å². The van der Waals surface area contributed by atoms with Crippen LogP contribution in [-0.4, -0.2) is 10.9 Å². The summed E-state index contributed by atoms with van der Waals surface area (Å²) in [5.41, 5.74) is 1.00. The molecule has 0 aromatic carbocycles. The highest BCUT2D eigenvalue weighted by molar-refractivity contribution is 7.15. The van der Waals surface area contributed by atoms with Gasteiger partial charge in [0.05, 0.1) is 5.69 Å². The SMILES string of the molecule is Cc1nc(NC(=O)[C@@H]2CC=CCC2)sc1C. The molecule has 0 saturated carbocycles. The molecule has 1 aliphatic carbocycles. The molecule has 1 atom stereocenters. The van der Waals surface area contributed by atoms with Crippen LogP contribution in [-0.2, 0) is 4.79 Å². The van der Waals surface area contributed by atoms with E-state index < -0.39 is 0 Å². The first-order valence-electron chi connectivity index (χ1n) is 5.56. The number of hydrogen-bond acceptors (Lipinski definition) is 3. The standard InChI is InChI=1S/C12H16N2OS/c1-8-9(2)16-12(13-8)14-11(15)10-6-4-3-5-7-10/h3-4,10H,5-7H2,1-2H3,(H,13,14,15)/t10-/m1/s1. The topological polar surface area (TPSA) is 42.0 Å². The number of allylic oxidation sites excluding steroid dienone is 2. The molecule has 2 rings (SSSR count). The van der Waals surface area contributed by atoms with Crippen LogP contribution in [0.15, 0.2) is 12.2 Å². The Kier molecular flexibility index (Phi) is 3.39. The molecule has 0 unspecified atom stereocenters. The van der Waals surface area contributed by atoms with Crippen LogP contribution in [0.4, 0.5) is 5.13 Å². The lowest BCUT2D eigenvalue weighted by Gasteiger charge is -2.15. The molecule has 1 aliphatic rings. The van der Waals surface area contributed by atoms with E-state index in [1.54, 1.807) is 11.3 Å². The average Bonchev–Trinajstić information content (AvgIpc) is 2.59.